The van der Waals surface area contributed by atoms with Gasteiger partial charge in [-0.3, -0.25) is 9.69 Å². The van der Waals surface area contributed by atoms with Crippen LogP contribution in [0.25, 0.3) is 0 Å². The molecule has 1 atom stereocenters. The first-order chi connectivity index (χ1) is 10.0. The van der Waals surface area contributed by atoms with E-state index in [0.717, 1.165) is 36.9 Å². The van der Waals surface area contributed by atoms with Crippen molar-refractivity contribution in [3.05, 3.63) is 29.8 Å². The van der Waals surface area contributed by atoms with Gasteiger partial charge in [0, 0.05) is 17.5 Å². The highest BCUT2D eigenvalue weighted by atomic mass is 16.4. The summed E-state index contributed by atoms with van der Waals surface area (Å²) in [6.07, 6.45) is 5.40. The molecule has 1 amide bonds. The van der Waals surface area contributed by atoms with Crippen LogP contribution in [0.5, 0.6) is 0 Å². The molecule has 1 fully saturated rings. The fourth-order valence-corrected chi connectivity index (χ4v) is 3.67. The molecule has 0 bridgehead atoms. The van der Waals surface area contributed by atoms with Crippen LogP contribution >= 0.6 is 0 Å². The smallest absolute Gasteiger partial charge is 0.327 e. The van der Waals surface area contributed by atoms with E-state index in [4.69, 9.17) is 0 Å². The minimum Gasteiger partial charge on any atom is -0.480 e. The van der Waals surface area contributed by atoms with Crippen molar-refractivity contribution in [2.75, 3.05) is 4.90 Å². The Morgan fingerprint density at radius 1 is 1.19 bits per heavy atom. The molecule has 0 spiro atoms. The maximum atomic E-state index is 13.1. The number of hydrogen-bond acceptors (Lipinski definition) is 2. The molecule has 1 saturated carbocycles. The summed E-state index contributed by atoms with van der Waals surface area (Å²) in [4.78, 5) is 26.2. The molecular weight excluding hydrogens is 266 g/mol. The van der Waals surface area contributed by atoms with Crippen LogP contribution in [0.4, 0.5) is 5.69 Å². The average Bonchev–Trinajstić information content (AvgIpc) is 2.86. The van der Waals surface area contributed by atoms with Crippen molar-refractivity contribution in [1.82, 2.24) is 0 Å². The van der Waals surface area contributed by atoms with E-state index in [9.17, 15) is 14.7 Å². The van der Waals surface area contributed by atoms with Gasteiger partial charge in [-0.2, -0.15) is 0 Å². The summed E-state index contributed by atoms with van der Waals surface area (Å²) < 4.78 is 0. The lowest BCUT2D eigenvalue weighted by Gasteiger charge is -2.37. The number of nitrogens with zero attached hydrogens (tertiary/aromatic N) is 1. The van der Waals surface area contributed by atoms with Gasteiger partial charge in [0.2, 0.25) is 5.91 Å². The van der Waals surface area contributed by atoms with Crippen molar-refractivity contribution in [1.29, 1.82) is 0 Å². The van der Waals surface area contributed by atoms with Gasteiger partial charge in [-0.15, -0.1) is 0 Å². The predicted octanol–water partition coefficient (Wildman–Crippen LogP) is 3.00. The molecule has 0 radical (unpaired) electrons. The summed E-state index contributed by atoms with van der Waals surface area (Å²) in [5.41, 5.74) is 1.32. The first-order valence-electron chi connectivity index (χ1n) is 7.67. The Kier molecular flexibility index (Phi) is 3.47. The summed E-state index contributed by atoms with van der Waals surface area (Å²) in [7, 11) is 0. The largest absolute Gasteiger partial charge is 0.480 e. The minimum absolute atomic E-state index is 0.0143. The maximum Gasteiger partial charge on any atom is 0.327 e. The van der Waals surface area contributed by atoms with Crippen molar-refractivity contribution in [2.24, 2.45) is 5.41 Å². The number of carbonyl (C=O) groups is 2. The molecule has 1 heterocycles. The molecule has 1 aliphatic heterocycles. The van der Waals surface area contributed by atoms with Crippen LogP contribution in [0.1, 0.15) is 44.6 Å². The van der Waals surface area contributed by atoms with Crippen LogP contribution in [0.3, 0.4) is 0 Å². The number of carboxylic acid groups (broad SMARTS) is 1. The highest BCUT2D eigenvalue weighted by Crippen LogP contribution is 2.42. The number of benzene rings is 1. The summed E-state index contributed by atoms with van der Waals surface area (Å²) in [6.45, 7) is 1.99. The third-order valence-electron chi connectivity index (χ3n) is 4.95. The highest BCUT2D eigenvalue weighted by Gasteiger charge is 2.45. The maximum absolute atomic E-state index is 13.1. The molecule has 2 aliphatic rings. The van der Waals surface area contributed by atoms with Gasteiger partial charge in [0.25, 0.3) is 0 Å². The lowest BCUT2D eigenvalue weighted by Crippen LogP contribution is -2.50. The van der Waals surface area contributed by atoms with Crippen molar-refractivity contribution in [2.45, 2.75) is 51.5 Å². The summed E-state index contributed by atoms with van der Waals surface area (Å²) in [6, 6.07) is 6.79. The third kappa shape index (κ3) is 2.33. The monoisotopic (exact) mass is 287 g/mol. The Labute approximate surface area is 124 Å². The summed E-state index contributed by atoms with van der Waals surface area (Å²) in [5.74, 6) is -0.932. The van der Waals surface area contributed by atoms with Gasteiger partial charge >= 0.3 is 5.97 Å². The number of hydrogen-bond donors (Lipinski definition) is 1. The van der Waals surface area contributed by atoms with Gasteiger partial charge in [0.15, 0.2) is 0 Å². The number of carboxylic acids is 1. The van der Waals surface area contributed by atoms with Crippen LogP contribution in [0.2, 0.25) is 0 Å². The van der Waals surface area contributed by atoms with Crippen molar-refractivity contribution in [3.8, 4) is 0 Å². The Morgan fingerprint density at radius 2 is 1.86 bits per heavy atom. The van der Waals surface area contributed by atoms with Crippen molar-refractivity contribution < 1.29 is 14.7 Å². The van der Waals surface area contributed by atoms with Gasteiger partial charge in [0.05, 0.1) is 0 Å². The van der Waals surface area contributed by atoms with Gasteiger partial charge in [-0.05, 0) is 24.5 Å². The van der Waals surface area contributed by atoms with E-state index in [1.165, 1.54) is 6.42 Å². The third-order valence-corrected chi connectivity index (χ3v) is 4.95. The van der Waals surface area contributed by atoms with Gasteiger partial charge in [-0.1, -0.05) is 44.4 Å². The van der Waals surface area contributed by atoms with E-state index in [1.54, 1.807) is 4.90 Å². The average molecular weight is 287 g/mol. The van der Waals surface area contributed by atoms with E-state index in [-0.39, 0.29) is 5.91 Å². The van der Waals surface area contributed by atoms with Gasteiger partial charge < -0.3 is 5.11 Å². The minimum atomic E-state index is -0.918. The Morgan fingerprint density at radius 3 is 2.52 bits per heavy atom. The topological polar surface area (TPSA) is 57.6 Å². The normalized spacial score (nSPS) is 23.7. The van der Waals surface area contributed by atoms with Crippen LogP contribution < -0.4 is 4.90 Å². The molecular formula is C17H21NO3. The molecule has 4 nitrogen and oxygen atoms in total. The zero-order chi connectivity index (χ0) is 15.0. The second-order valence-electron chi connectivity index (χ2n) is 6.48. The van der Waals surface area contributed by atoms with Crippen LogP contribution in [-0.2, 0) is 16.0 Å². The SMILES string of the molecule is CC1(C(=O)N2c3ccccc3C[C@H]2C(=O)O)CCCCC1. The summed E-state index contributed by atoms with van der Waals surface area (Å²) in [5, 5.41) is 9.49. The molecule has 1 aromatic rings. The fourth-order valence-electron chi connectivity index (χ4n) is 3.67. The number of amides is 1. The second kappa shape index (κ2) is 5.17. The summed E-state index contributed by atoms with van der Waals surface area (Å²) >= 11 is 0. The first kappa shape index (κ1) is 14.1. The molecule has 4 heteroatoms. The number of carbonyl (C=O) groups excluding carboxylic acids is 1. The molecule has 112 valence electrons. The molecule has 0 unspecified atom stereocenters. The zero-order valence-electron chi connectivity index (χ0n) is 12.3. The second-order valence-corrected chi connectivity index (χ2v) is 6.48. The van der Waals surface area contributed by atoms with E-state index in [0.29, 0.717) is 6.42 Å². The molecule has 1 N–H and O–H groups in total. The van der Waals surface area contributed by atoms with Crippen molar-refractivity contribution >= 4 is 17.6 Å². The van der Waals surface area contributed by atoms with Crippen LogP contribution in [-0.4, -0.2) is 23.0 Å². The van der Waals surface area contributed by atoms with E-state index >= 15 is 0 Å². The molecule has 1 aliphatic carbocycles. The molecule has 0 aromatic heterocycles. The quantitative estimate of drug-likeness (QED) is 0.909. The lowest BCUT2D eigenvalue weighted by molar-refractivity contribution is -0.141. The predicted molar refractivity (Wildman–Crippen MR) is 80.2 cm³/mol. The van der Waals surface area contributed by atoms with E-state index < -0.39 is 17.4 Å². The Balaban J connectivity index is 1.97. The van der Waals surface area contributed by atoms with Gasteiger partial charge in [-0.25, -0.2) is 4.79 Å². The number of para-hydroxylation sites is 1. The zero-order valence-corrected chi connectivity index (χ0v) is 12.3. The highest BCUT2D eigenvalue weighted by molar-refractivity contribution is 6.04. The van der Waals surface area contributed by atoms with E-state index in [2.05, 4.69) is 0 Å². The number of rotatable bonds is 2. The number of fused-ring (bicyclic) bond motifs is 1. The molecule has 3 rings (SSSR count). The van der Waals surface area contributed by atoms with Gasteiger partial charge in [0.1, 0.15) is 6.04 Å². The van der Waals surface area contributed by atoms with E-state index in [1.807, 2.05) is 31.2 Å². The van der Waals surface area contributed by atoms with Crippen LogP contribution in [0, 0.1) is 5.41 Å². The lowest BCUT2D eigenvalue weighted by atomic mass is 9.74. The van der Waals surface area contributed by atoms with Crippen molar-refractivity contribution in [3.63, 3.8) is 0 Å². The number of aliphatic carboxylic acids is 1. The first-order valence-corrected chi connectivity index (χ1v) is 7.67. The molecule has 21 heavy (non-hydrogen) atoms. The number of anilines is 1. The standard InChI is InChI=1S/C17H21NO3/c1-17(9-5-2-6-10-17)16(21)18-13-8-4-3-7-12(13)11-14(18)15(19)20/h3-4,7-8,14H,2,5-6,9-11H2,1H3,(H,19,20)/t14-/m0/s1. The molecule has 1 aromatic carbocycles. The Bertz CT molecular complexity index is 575. The fraction of sp³-hybridized carbons (Fsp3) is 0.529. The Hall–Kier alpha value is -1.84. The molecule has 0 saturated heterocycles. The van der Waals surface area contributed by atoms with Crippen LogP contribution in [0.15, 0.2) is 24.3 Å².